The number of hydrogen-bond acceptors (Lipinski definition) is 2. The summed E-state index contributed by atoms with van der Waals surface area (Å²) in [5.74, 6) is 0. The minimum absolute atomic E-state index is 0.236. The maximum atomic E-state index is 6.13. The first kappa shape index (κ1) is 13.9. The lowest BCUT2D eigenvalue weighted by molar-refractivity contribution is 0.0890. The molecule has 1 heterocycles. The Kier molecular flexibility index (Phi) is 4.66. The summed E-state index contributed by atoms with van der Waals surface area (Å²) in [5, 5.41) is 0.799. The van der Waals surface area contributed by atoms with Gasteiger partial charge in [0.1, 0.15) is 0 Å². The number of hydrogen-bond donors (Lipinski definition) is 1. The lowest BCUT2D eigenvalue weighted by atomic mass is 9.93. The Hall–Kier alpha value is -0.570. The molecule has 0 bridgehead atoms. The van der Waals surface area contributed by atoms with Gasteiger partial charge in [-0.2, -0.15) is 0 Å². The second kappa shape index (κ2) is 6.05. The molecule has 3 heteroatoms. The number of piperidine rings is 1. The van der Waals surface area contributed by atoms with Crippen molar-refractivity contribution in [2.24, 2.45) is 5.73 Å². The zero-order valence-corrected chi connectivity index (χ0v) is 12.0. The average molecular weight is 267 g/mol. The van der Waals surface area contributed by atoms with Crippen LogP contribution in [0.15, 0.2) is 24.3 Å². The van der Waals surface area contributed by atoms with Gasteiger partial charge in [0.2, 0.25) is 0 Å². The summed E-state index contributed by atoms with van der Waals surface area (Å²) >= 11 is 5.95. The molecule has 1 aliphatic rings. The third-order valence-corrected chi connectivity index (χ3v) is 4.30. The topological polar surface area (TPSA) is 29.3 Å². The van der Waals surface area contributed by atoms with E-state index in [9.17, 15) is 0 Å². The fraction of sp³-hybridized carbons (Fsp3) is 0.600. The fourth-order valence-corrected chi connectivity index (χ4v) is 3.08. The standard InChI is InChI=1S/C15H23ClN2/c1-11(17)15-5-3-4-10-18(15)12(2)13-6-8-14(16)9-7-13/h6-9,11-12,15H,3-5,10,17H2,1-2H3. The molecule has 0 aromatic heterocycles. The van der Waals surface area contributed by atoms with Crippen molar-refractivity contribution in [3.05, 3.63) is 34.9 Å². The Labute approximate surface area is 115 Å². The molecule has 0 radical (unpaired) electrons. The number of rotatable bonds is 3. The van der Waals surface area contributed by atoms with Crippen LogP contribution >= 0.6 is 11.6 Å². The van der Waals surface area contributed by atoms with E-state index in [1.165, 1.54) is 24.8 Å². The molecular formula is C15H23ClN2. The molecule has 100 valence electrons. The number of halogens is 1. The molecule has 0 amide bonds. The zero-order chi connectivity index (χ0) is 13.1. The number of nitrogens with zero attached hydrogens (tertiary/aromatic N) is 1. The van der Waals surface area contributed by atoms with Crippen molar-refractivity contribution >= 4 is 11.6 Å². The predicted molar refractivity (Wildman–Crippen MR) is 77.9 cm³/mol. The highest BCUT2D eigenvalue weighted by molar-refractivity contribution is 6.30. The summed E-state index contributed by atoms with van der Waals surface area (Å²) < 4.78 is 0. The van der Waals surface area contributed by atoms with Crippen LogP contribution in [0.25, 0.3) is 0 Å². The molecule has 2 nitrogen and oxygen atoms in total. The van der Waals surface area contributed by atoms with Crippen molar-refractivity contribution in [1.82, 2.24) is 4.90 Å². The Bertz CT molecular complexity index is 375. The van der Waals surface area contributed by atoms with E-state index in [1.807, 2.05) is 12.1 Å². The fourth-order valence-electron chi connectivity index (χ4n) is 2.96. The van der Waals surface area contributed by atoms with Gasteiger partial charge in [-0.1, -0.05) is 30.2 Å². The van der Waals surface area contributed by atoms with Crippen LogP contribution in [0.1, 0.15) is 44.7 Å². The molecule has 1 fully saturated rings. The summed E-state index contributed by atoms with van der Waals surface area (Å²) in [7, 11) is 0. The van der Waals surface area contributed by atoms with Gasteiger partial charge in [-0.05, 0) is 50.9 Å². The monoisotopic (exact) mass is 266 g/mol. The molecule has 3 unspecified atom stereocenters. The first-order chi connectivity index (χ1) is 8.59. The van der Waals surface area contributed by atoms with E-state index in [0.29, 0.717) is 12.1 Å². The van der Waals surface area contributed by atoms with Crippen LogP contribution in [0, 0.1) is 0 Å². The number of likely N-dealkylation sites (tertiary alicyclic amines) is 1. The van der Waals surface area contributed by atoms with Gasteiger partial charge in [0.05, 0.1) is 0 Å². The second-order valence-electron chi connectivity index (χ2n) is 5.39. The first-order valence-corrected chi connectivity index (χ1v) is 7.24. The molecule has 2 rings (SSSR count). The van der Waals surface area contributed by atoms with Crippen LogP contribution in [0.2, 0.25) is 5.02 Å². The van der Waals surface area contributed by atoms with E-state index in [0.717, 1.165) is 11.6 Å². The van der Waals surface area contributed by atoms with E-state index in [2.05, 4.69) is 30.9 Å². The molecule has 18 heavy (non-hydrogen) atoms. The number of benzene rings is 1. The Balaban J connectivity index is 2.15. The van der Waals surface area contributed by atoms with Crippen molar-refractivity contribution < 1.29 is 0 Å². The maximum absolute atomic E-state index is 6.13. The molecule has 0 saturated carbocycles. The molecule has 1 aromatic carbocycles. The smallest absolute Gasteiger partial charge is 0.0406 e. The molecule has 2 N–H and O–H groups in total. The SMILES string of the molecule is CC(N)C1CCCCN1C(C)c1ccc(Cl)cc1. The van der Waals surface area contributed by atoms with Crippen LogP contribution in [-0.4, -0.2) is 23.5 Å². The Morgan fingerprint density at radius 3 is 2.50 bits per heavy atom. The summed E-state index contributed by atoms with van der Waals surface area (Å²) in [5.41, 5.74) is 7.46. The second-order valence-corrected chi connectivity index (χ2v) is 5.82. The highest BCUT2D eigenvalue weighted by Crippen LogP contribution is 2.29. The van der Waals surface area contributed by atoms with Crippen molar-refractivity contribution in [1.29, 1.82) is 0 Å². The van der Waals surface area contributed by atoms with Gasteiger partial charge in [0, 0.05) is 23.1 Å². The largest absolute Gasteiger partial charge is 0.327 e. The van der Waals surface area contributed by atoms with Crippen LogP contribution in [0.5, 0.6) is 0 Å². The van der Waals surface area contributed by atoms with Crippen LogP contribution in [-0.2, 0) is 0 Å². The average Bonchev–Trinajstić information content (AvgIpc) is 2.39. The molecular weight excluding hydrogens is 244 g/mol. The van der Waals surface area contributed by atoms with E-state index in [1.54, 1.807) is 0 Å². The van der Waals surface area contributed by atoms with Gasteiger partial charge >= 0.3 is 0 Å². The van der Waals surface area contributed by atoms with Gasteiger partial charge < -0.3 is 5.73 Å². The Morgan fingerprint density at radius 2 is 1.89 bits per heavy atom. The van der Waals surface area contributed by atoms with Crippen LogP contribution < -0.4 is 5.73 Å². The zero-order valence-electron chi connectivity index (χ0n) is 11.3. The predicted octanol–water partition coefficient (Wildman–Crippen LogP) is 3.60. The lowest BCUT2D eigenvalue weighted by Crippen LogP contribution is -2.49. The highest BCUT2D eigenvalue weighted by Gasteiger charge is 2.29. The van der Waals surface area contributed by atoms with Crippen LogP contribution in [0.3, 0.4) is 0 Å². The summed E-state index contributed by atoms with van der Waals surface area (Å²) in [6, 6.07) is 9.35. The molecule has 0 aliphatic carbocycles. The molecule has 3 atom stereocenters. The summed E-state index contributed by atoms with van der Waals surface area (Å²) in [6.07, 6.45) is 3.80. The van der Waals surface area contributed by atoms with Crippen molar-refractivity contribution in [2.45, 2.75) is 51.2 Å². The van der Waals surface area contributed by atoms with Gasteiger partial charge in [-0.25, -0.2) is 0 Å². The lowest BCUT2D eigenvalue weighted by Gasteiger charge is -2.42. The van der Waals surface area contributed by atoms with Gasteiger partial charge in [0.25, 0.3) is 0 Å². The molecule has 1 aromatic rings. The highest BCUT2D eigenvalue weighted by atomic mass is 35.5. The third-order valence-electron chi connectivity index (χ3n) is 4.05. The molecule has 1 saturated heterocycles. The molecule has 1 aliphatic heterocycles. The van der Waals surface area contributed by atoms with Crippen molar-refractivity contribution in [2.75, 3.05) is 6.54 Å². The summed E-state index contributed by atoms with van der Waals surface area (Å²) in [6.45, 7) is 5.54. The van der Waals surface area contributed by atoms with E-state index >= 15 is 0 Å². The van der Waals surface area contributed by atoms with E-state index in [4.69, 9.17) is 17.3 Å². The minimum Gasteiger partial charge on any atom is -0.327 e. The van der Waals surface area contributed by atoms with Gasteiger partial charge in [-0.3, -0.25) is 4.90 Å². The first-order valence-electron chi connectivity index (χ1n) is 6.86. The summed E-state index contributed by atoms with van der Waals surface area (Å²) in [4.78, 5) is 2.55. The van der Waals surface area contributed by atoms with Crippen molar-refractivity contribution in [3.8, 4) is 0 Å². The van der Waals surface area contributed by atoms with Gasteiger partial charge in [-0.15, -0.1) is 0 Å². The van der Waals surface area contributed by atoms with Crippen molar-refractivity contribution in [3.63, 3.8) is 0 Å². The van der Waals surface area contributed by atoms with E-state index in [-0.39, 0.29) is 6.04 Å². The maximum Gasteiger partial charge on any atom is 0.0406 e. The molecule has 0 spiro atoms. The van der Waals surface area contributed by atoms with E-state index < -0.39 is 0 Å². The Morgan fingerprint density at radius 1 is 1.22 bits per heavy atom. The quantitative estimate of drug-likeness (QED) is 0.906. The minimum atomic E-state index is 0.236. The van der Waals surface area contributed by atoms with Gasteiger partial charge in [0.15, 0.2) is 0 Å². The number of nitrogens with two attached hydrogens (primary N) is 1. The van der Waals surface area contributed by atoms with Crippen LogP contribution in [0.4, 0.5) is 0 Å². The normalized spacial score (nSPS) is 24.8. The third kappa shape index (κ3) is 3.05.